The number of fused-ring (bicyclic) bond motifs is 1. The number of carbonyl (C=O) groups excluding carboxylic acids is 1. The van der Waals surface area contributed by atoms with E-state index < -0.39 is 0 Å². The second kappa shape index (κ2) is 10.2. The molecule has 0 aliphatic rings. The van der Waals surface area contributed by atoms with Crippen molar-refractivity contribution in [2.45, 2.75) is 26.4 Å². The van der Waals surface area contributed by atoms with Crippen molar-refractivity contribution < 1.29 is 19.1 Å². The first-order valence-electron chi connectivity index (χ1n) is 10.6. The summed E-state index contributed by atoms with van der Waals surface area (Å²) < 4.78 is 12.1. The molecule has 0 unspecified atom stereocenters. The van der Waals surface area contributed by atoms with Gasteiger partial charge in [0.25, 0.3) is 5.91 Å². The molecule has 3 N–H and O–H groups in total. The van der Waals surface area contributed by atoms with Gasteiger partial charge in [-0.15, -0.1) is 0 Å². The molecule has 9 heteroatoms. The van der Waals surface area contributed by atoms with Crippen molar-refractivity contribution in [3.05, 3.63) is 70.7 Å². The van der Waals surface area contributed by atoms with Gasteiger partial charge in [-0.05, 0) is 102 Å². The predicted octanol–water partition coefficient (Wildman–Crippen LogP) is 6.27. The number of hydrogen-bond acceptors (Lipinski definition) is 6. The van der Waals surface area contributed by atoms with Gasteiger partial charge in [-0.1, -0.05) is 6.92 Å². The summed E-state index contributed by atoms with van der Waals surface area (Å²) in [6.45, 7) is 4.04. The summed E-state index contributed by atoms with van der Waals surface area (Å²) in [4.78, 5) is 17.0. The molecule has 4 aromatic rings. The number of phenolic OH excluding ortho intramolecular Hbond substituents is 1. The maximum atomic E-state index is 12.5. The van der Waals surface area contributed by atoms with Crippen molar-refractivity contribution in [3.8, 4) is 23.0 Å². The summed E-state index contributed by atoms with van der Waals surface area (Å²) in [6, 6.07) is 17.3. The number of aromatic hydroxyl groups is 1. The predicted molar refractivity (Wildman–Crippen MR) is 139 cm³/mol. The summed E-state index contributed by atoms with van der Waals surface area (Å²) in [6.07, 6.45) is 1.01. The molecule has 3 aromatic carbocycles. The molecule has 1 aromatic heterocycles. The van der Waals surface area contributed by atoms with Gasteiger partial charge < -0.3 is 19.6 Å². The minimum atomic E-state index is -0.324. The Morgan fingerprint density at radius 3 is 2.65 bits per heavy atom. The average Bonchev–Trinajstić information content (AvgIpc) is 3.24. The van der Waals surface area contributed by atoms with Crippen LogP contribution in [0, 0.1) is 0 Å². The van der Waals surface area contributed by atoms with Crippen LogP contribution in [0.1, 0.15) is 30.6 Å². The van der Waals surface area contributed by atoms with Gasteiger partial charge in [0, 0.05) is 16.8 Å². The van der Waals surface area contributed by atoms with Gasteiger partial charge in [-0.3, -0.25) is 10.1 Å². The van der Waals surface area contributed by atoms with E-state index in [0.717, 1.165) is 12.0 Å². The molecule has 0 bridgehead atoms. The fourth-order valence-corrected chi connectivity index (χ4v) is 3.70. The Morgan fingerprint density at radius 2 is 1.94 bits per heavy atom. The third-order valence-electron chi connectivity index (χ3n) is 5.10. The fourth-order valence-electron chi connectivity index (χ4n) is 3.11. The van der Waals surface area contributed by atoms with Crippen molar-refractivity contribution in [1.29, 1.82) is 0 Å². The Labute approximate surface area is 210 Å². The molecular formula is C25H22BrN3O4S. The number of ether oxygens (including phenoxy) is 1. The van der Waals surface area contributed by atoms with E-state index in [9.17, 15) is 9.90 Å². The van der Waals surface area contributed by atoms with Crippen molar-refractivity contribution >= 4 is 56.0 Å². The van der Waals surface area contributed by atoms with Crippen LogP contribution in [0.3, 0.4) is 0 Å². The Morgan fingerprint density at radius 1 is 1.18 bits per heavy atom. The Kier molecular flexibility index (Phi) is 7.14. The molecule has 0 radical (unpaired) electrons. The molecule has 0 spiro atoms. The standard InChI is InChI=1S/C25H22BrN3O4S/c1-3-14(2)32-18-8-4-15(5-9-18)23(31)29-25(34)27-17-7-11-22-20(13-17)28-24(33-22)16-6-10-21(30)19(26)12-16/h4-14,30H,3H2,1-2H3,(H2,27,29,31,34)/t14-/m0/s1. The molecule has 174 valence electrons. The van der Waals surface area contributed by atoms with Crippen LogP contribution in [0.15, 0.2) is 69.6 Å². The second-order valence-electron chi connectivity index (χ2n) is 7.64. The Bertz CT molecular complexity index is 1350. The molecule has 1 atom stereocenters. The summed E-state index contributed by atoms with van der Waals surface area (Å²) in [7, 11) is 0. The fraction of sp³-hybridized carbons (Fsp3) is 0.160. The van der Waals surface area contributed by atoms with E-state index in [2.05, 4.69) is 38.5 Å². The number of benzene rings is 3. The number of nitrogens with zero attached hydrogens (tertiary/aromatic N) is 1. The molecule has 0 saturated carbocycles. The first-order chi connectivity index (χ1) is 16.3. The first-order valence-corrected chi connectivity index (χ1v) is 11.8. The normalized spacial score (nSPS) is 11.7. The van der Waals surface area contributed by atoms with E-state index in [-0.39, 0.29) is 22.9 Å². The first kappa shape index (κ1) is 23.7. The van der Waals surface area contributed by atoms with Crippen LogP contribution in [0.2, 0.25) is 0 Å². The summed E-state index contributed by atoms with van der Waals surface area (Å²) >= 11 is 8.59. The number of aromatic nitrogens is 1. The SMILES string of the molecule is CC[C@H](C)Oc1ccc(C(=O)NC(=S)Nc2ccc3oc(-c4ccc(O)c(Br)c4)nc3c2)cc1. The number of halogens is 1. The van der Waals surface area contributed by atoms with Crippen LogP contribution in [-0.2, 0) is 0 Å². The van der Waals surface area contributed by atoms with Crippen LogP contribution in [0.25, 0.3) is 22.6 Å². The number of carbonyl (C=O) groups is 1. The lowest BCUT2D eigenvalue weighted by molar-refractivity contribution is 0.0977. The van der Waals surface area contributed by atoms with Gasteiger partial charge in [0.1, 0.15) is 17.0 Å². The maximum absolute atomic E-state index is 12.5. The highest BCUT2D eigenvalue weighted by Gasteiger charge is 2.12. The molecule has 0 fully saturated rings. The molecule has 0 aliphatic heterocycles. The minimum absolute atomic E-state index is 0.109. The van der Waals surface area contributed by atoms with Gasteiger partial charge >= 0.3 is 0 Å². The maximum Gasteiger partial charge on any atom is 0.257 e. The summed E-state index contributed by atoms with van der Waals surface area (Å²) in [5.41, 5.74) is 3.06. The lowest BCUT2D eigenvalue weighted by Crippen LogP contribution is -2.34. The summed E-state index contributed by atoms with van der Waals surface area (Å²) in [5, 5.41) is 15.5. The monoisotopic (exact) mass is 539 g/mol. The number of hydrogen-bond donors (Lipinski definition) is 3. The minimum Gasteiger partial charge on any atom is -0.507 e. The molecule has 4 rings (SSSR count). The number of anilines is 1. The molecule has 0 saturated heterocycles. The Balaban J connectivity index is 1.41. The van der Waals surface area contributed by atoms with E-state index in [1.54, 1.807) is 60.7 Å². The Hall–Kier alpha value is -3.43. The number of rotatable bonds is 6. The van der Waals surface area contributed by atoms with Crippen molar-refractivity contribution in [2.24, 2.45) is 0 Å². The van der Waals surface area contributed by atoms with Gasteiger partial charge in [0.2, 0.25) is 5.89 Å². The van der Waals surface area contributed by atoms with Gasteiger partial charge in [-0.25, -0.2) is 4.98 Å². The van der Waals surface area contributed by atoms with E-state index in [1.807, 2.05) is 6.92 Å². The quantitative estimate of drug-likeness (QED) is 0.248. The zero-order valence-electron chi connectivity index (χ0n) is 18.5. The third-order valence-corrected chi connectivity index (χ3v) is 5.94. The van der Waals surface area contributed by atoms with Gasteiger partial charge in [0.15, 0.2) is 10.7 Å². The van der Waals surface area contributed by atoms with E-state index in [0.29, 0.717) is 38.5 Å². The number of amides is 1. The zero-order valence-corrected chi connectivity index (χ0v) is 20.9. The molecule has 1 amide bonds. The van der Waals surface area contributed by atoms with Crippen LogP contribution in [-0.4, -0.2) is 27.2 Å². The lowest BCUT2D eigenvalue weighted by Gasteiger charge is -2.13. The van der Waals surface area contributed by atoms with E-state index >= 15 is 0 Å². The highest BCUT2D eigenvalue weighted by Crippen LogP contribution is 2.31. The zero-order chi connectivity index (χ0) is 24.2. The number of thiocarbonyl (C=S) groups is 1. The van der Waals surface area contributed by atoms with Crippen LogP contribution >= 0.6 is 28.1 Å². The largest absolute Gasteiger partial charge is 0.507 e. The highest BCUT2D eigenvalue weighted by atomic mass is 79.9. The number of phenols is 1. The lowest BCUT2D eigenvalue weighted by atomic mass is 10.2. The van der Waals surface area contributed by atoms with Crippen LogP contribution < -0.4 is 15.4 Å². The third kappa shape index (κ3) is 5.55. The van der Waals surface area contributed by atoms with Crippen molar-refractivity contribution in [2.75, 3.05) is 5.32 Å². The molecule has 7 nitrogen and oxygen atoms in total. The second-order valence-corrected chi connectivity index (χ2v) is 8.90. The molecule has 34 heavy (non-hydrogen) atoms. The van der Waals surface area contributed by atoms with Crippen molar-refractivity contribution in [3.63, 3.8) is 0 Å². The molecule has 1 heterocycles. The summed E-state index contributed by atoms with van der Waals surface area (Å²) in [5.74, 6) is 0.948. The molecule has 0 aliphatic carbocycles. The van der Waals surface area contributed by atoms with Gasteiger partial charge in [0.05, 0.1) is 10.6 Å². The smallest absolute Gasteiger partial charge is 0.257 e. The van der Waals surface area contributed by atoms with Crippen LogP contribution in [0.5, 0.6) is 11.5 Å². The van der Waals surface area contributed by atoms with Gasteiger partial charge in [-0.2, -0.15) is 0 Å². The van der Waals surface area contributed by atoms with Crippen LogP contribution in [0.4, 0.5) is 5.69 Å². The number of oxazole rings is 1. The topological polar surface area (TPSA) is 96.6 Å². The highest BCUT2D eigenvalue weighted by molar-refractivity contribution is 9.10. The average molecular weight is 540 g/mol. The van der Waals surface area contributed by atoms with E-state index in [4.69, 9.17) is 21.4 Å². The van der Waals surface area contributed by atoms with Crippen molar-refractivity contribution in [1.82, 2.24) is 10.3 Å². The van der Waals surface area contributed by atoms with E-state index in [1.165, 1.54) is 0 Å². The molecular weight excluding hydrogens is 518 g/mol. The number of nitrogens with one attached hydrogen (secondary N) is 2.